The Kier molecular flexibility index (Phi) is 5.23. The van der Waals surface area contributed by atoms with Crippen LogP contribution in [-0.2, 0) is 6.54 Å². The summed E-state index contributed by atoms with van der Waals surface area (Å²) in [5.74, 6) is 2.88. The second-order valence-electron chi connectivity index (χ2n) is 5.16. The molecular formula is C18H23NO2. The molecule has 3 heteroatoms. The first-order valence-electron chi connectivity index (χ1n) is 7.32. The summed E-state index contributed by atoms with van der Waals surface area (Å²) in [6.07, 6.45) is 1.13. The highest BCUT2D eigenvalue weighted by Gasteiger charge is 2.07. The number of hydrogen-bond donors (Lipinski definition) is 1. The van der Waals surface area contributed by atoms with Gasteiger partial charge in [-0.15, -0.1) is 0 Å². The van der Waals surface area contributed by atoms with Crippen molar-refractivity contribution < 1.29 is 9.47 Å². The zero-order chi connectivity index (χ0) is 15.2. The van der Waals surface area contributed by atoms with Gasteiger partial charge < -0.3 is 15.2 Å². The Hall–Kier alpha value is -2.00. The van der Waals surface area contributed by atoms with E-state index in [9.17, 15) is 0 Å². The van der Waals surface area contributed by atoms with Crippen LogP contribution in [0.1, 0.15) is 37.3 Å². The molecular weight excluding hydrogens is 262 g/mol. The highest BCUT2D eigenvalue weighted by atomic mass is 16.5. The van der Waals surface area contributed by atoms with Gasteiger partial charge in [-0.3, -0.25) is 0 Å². The summed E-state index contributed by atoms with van der Waals surface area (Å²) >= 11 is 0. The van der Waals surface area contributed by atoms with E-state index in [0.29, 0.717) is 12.5 Å². The minimum absolute atomic E-state index is 0.435. The molecule has 0 radical (unpaired) electrons. The number of rotatable bonds is 6. The fraction of sp³-hybridized carbons (Fsp3) is 0.333. The maximum Gasteiger partial charge on any atom is 0.135 e. The zero-order valence-electron chi connectivity index (χ0n) is 12.9. The van der Waals surface area contributed by atoms with Crippen molar-refractivity contribution >= 4 is 0 Å². The SMILES string of the molecule is CCC(C)c1ccc(Oc2cc(OC)ccc2CN)cc1. The summed E-state index contributed by atoms with van der Waals surface area (Å²) in [4.78, 5) is 0. The van der Waals surface area contributed by atoms with Crippen molar-refractivity contribution in [3.8, 4) is 17.2 Å². The number of nitrogens with two attached hydrogens (primary N) is 1. The van der Waals surface area contributed by atoms with Gasteiger partial charge in [0.25, 0.3) is 0 Å². The molecule has 0 spiro atoms. The lowest BCUT2D eigenvalue weighted by Gasteiger charge is -2.13. The van der Waals surface area contributed by atoms with Crippen LogP contribution in [0.3, 0.4) is 0 Å². The standard InChI is InChI=1S/C18H23NO2/c1-4-13(2)14-5-8-16(9-6-14)21-18-11-17(20-3)10-7-15(18)12-19/h5-11,13H,4,12,19H2,1-3H3. The summed E-state index contributed by atoms with van der Waals surface area (Å²) in [5.41, 5.74) is 8.05. The number of methoxy groups -OCH3 is 1. The molecule has 0 amide bonds. The van der Waals surface area contributed by atoms with E-state index in [-0.39, 0.29) is 0 Å². The van der Waals surface area contributed by atoms with Gasteiger partial charge in [0, 0.05) is 18.2 Å². The van der Waals surface area contributed by atoms with Gasteiger partial charge in [-0.2, -0.15) is 0 Å². The predicted molar refractivity (Wildman–Crippen MR) is 86.1 cm³/mol. The monoisotopic (exact) mass is 285 g/mol. The Balaban J connectivity index is 2.21. The van der Waals surface area contributed by atoms with E-state index >= 15 is 0 Å². The van der Waals surface area contributed by atoms with Gasteiger partial charge in [-0.25, -0.2) is 0 Å². The molecule has 0 saturated heterocycles. The lowest BCUT2D eigenvalue weighted by molar-refractivity contribution is 0.408. The molecule has 112 valence electrons. The van der Waals surface area contributed by atoms with Crippen molar-refractivity contribution in [2.24, 2.45) is 5.73 Å². The van der Waals surface area contributed by atoms with Crippen LogP contribution in [0, 0.1) is 0 Å². The third-order valence-electron chi connectivity index (χ3n) is 3.78. The first kappa shape index (κ1) is 15.4. The second kappa shape index (κ2) is 7.14. The second-order valence-corrected chi connectivity index (χ2v) is 5.16. The molecule has 0 saturated carbocycles. The molecule has 0 heterocycles. The van der Waals surface area contributed by atoms with Crippen LogP contribution < -0.4 is 15.2 Å². The Morgan fingerprint density at radius 2 is 1.71 bits per heavy atom. The lowest BCUT2D eigenvalue weighted by Crippen LogP contribution is -2.00. The predicted octanol–water partition coefficient (Wildman–Crippen LogP) is 4.46. The summed E-state index contributed by atoms with van der Waals surface area (Å²) in [6, 6.07) is 13.9. The van der Waals surface area contributed by atoms with E-state index < -0.39 is 0 Å². The number of benzene rings is 2. The van der Waals surface area contributed by atoms with Crippen molar-refractivity contribution in [2.75, 3.05) is 7.11 Å². The molecule has 2 rings (SSSR count). The van der Waals surface area contributed by atoms with Gasteiger partial charge in [0.05, 0.1) is 7.11 Å². The molecule has 0 aromatic heterocycles. The Morgan fingerprint density at radius 1 is 1.05 bits per heavy atom. The Labute approximate surface area is 126 Å². The van der Waals surface area contributed by atoms with Gasteiger partial charge in [0.15, 0.2) is 0 Å². The summed E-state index contributed by atoms with van der Waals surface area (Å²) in [6.45, 7) is 4.85. The van der Waals surface area contributed by atoms with E-state index in [1.165, 1.54) is 5.56 Å². The van der Waals surface area contributed by atoms with Gasteiger partial charge in [-0.05, 0) is 36.1 Å². The molecule has 0 fully saturated rings. The van der Waals surface area contributed by atoms with Crippen LogP contribution in [0.25, 0.3) is 0 Å². The largest absolute Gasteiger partial charge is 0.497 e. The molecule has 0 bridgehead atoms. The van der Waals surface area contributed by atoms with Crippen LogP contribution in [0.4, 0.5) is 0 Å². The van der Waals surface area contributed by atoms with Crippen molar-refractivity contribution in [2.45, 2.75) is 32.7 Å². The quantitative estimate of drug-likeness (QED) is 0.852. The molecule has 21 heavy (non-hydrogen) atoms. The normalized spacial score (nSPS) is 12.0. The molecule has 0 aliphatic carbocycles. The average Bonchev–Trinajstić information content (AvgIpc) is 2.54. The third kappa shape index (κ3) is 3.76. The highest BCUT2D eigenvalue weighted by molar-refractivity contribution is 5.43. The molecule has 0 aliphatic rings. The maximum atomic E-state index is 5.95. The molecule has 1 atom stereocenters. The number of hydrogen-bond acceptors (Lipinski definition) is 3. The van der Waals surface area contributed by atoms with E-state index in [0.717, 1.165) is 29.2 Å². The summed E-state index contributed by atoms with van der Waals surface area (Å²) < 4.78 is 11.2. The van der Waals surface area contributed by atoms with Crippen LogP contribution in [-0.4, -0.2) is 7.11 Å². The first-order valence-corrected chi connectivity index (χ1v) is 7.32. The molecule has 0 aliphatic heterocycles. The third-order valence-corrected chi connectivity index (χ3v) is 3.78. The van der Waals surface area contributed by atoms with E-state index in [1.807, 2.05) is 30.3 Å². The molecule has 2 N–H and O–H groups in total. The van der Waals surface area contributed by atoms with Gasteiger partial charge in [0.1, 0.15) is 17.2 Å². The van der Waals surface area contributed by atoms with E-state index in [2.05, 4.69) is 26.0 Å². The van der Waals surface area contributed by atoms with Crippen molar-refractivity contribution in [1.29, 1.82) is 0 Å². The van der Waals surface area contributed by atoms with Crippen LogP contribution >= 0.6 is 0 Å². The number of ether oxygens (including phenoxy) is 2. The minimum atomic E-state index is 0.435. The maximum absolute atomic E-state index is 5.95. The molecule has 1 unspecified atom stereocenters. The van der Waals surface area contributed by atoms with Gasteiger partial charge in [-0.1, -0.05) is 32.0 Å². The van der Waals surface area contributed by atoms with E-state index in [4.69, 9.17) is 15.2 Å². The Bertz CT molecular complexity index is 578. The average molecular weight is 285 g/mol. The fourth-order valence-electron chi connectivity index (χ4n) is 2.15. The van der Waals surface area contributed by atoms with E-state index in [1.54, 1.807) is 7.11 Å². The smallest absolute Gasteiger partial charge is 0.135 e. The lowest BCUT2D eigenvalue weighted by atomic mass is 9.99. The van der Waals surface area contributed by atoms with Gasteiger partial charge >= 0.3 is 0 Å². The van der Waals surface area contributed by atoms with Crippen LogP contribution in [0.2, 0.25) is 0 Å². The minimum Gasteiger partial charge on any atom is -0.497 e. The fourth-order valence-corrected chi connectivity index (χ4v) is 2.15. The van der Waals surface area contributed by atoms with Crippen molar-refractivity contribution in [3.63, 3.8) is 0 Å². The zero-order valence-corrected chi connectivity index (χ0v) is 12.9. The summed E-state index contributed by atoms with van der Waals surface area (Å²) in [7, 11) is 1.64. The molecule has 2 aromatic carbocycles. The molecule has 3 nitrogen and oxygen atoms in total. The van der Waals surface area contributed by atoms with Crippen LogP contribution in [0.5, 0.6) is 17.2 Å². The first-order chi connectivity index (χ1) is 10.2. The Morgan fingerprint density at radius 3 is 2.29 bits per heavy atom. The highest BCUT2D eigenvalue weighted by Crippen LogP contribution is 2.30. The van der Waals surface area contributed by atoms with Crippen LogP contribution in [0.15, 0.2) is 42.5 Å². The molecule has 2 aromatic rings. The van der Waals surface area contributed by atoms with Crippen molar-refractivity contribution in [1.82, 2.24) is 0 Å². The topological polar surface area (TPSA) is 44.5 Å². The summed E-state index contributed by atoms with van der Waals surface area (Å²) in [5, 5.41) is 0. The van der Waals surface area contributed by atoms with Crippen molar-refractivity contribution in [3.05, 3.63) is 53.6 Å². The van der Waals surface area contributed by atoms with Gasteiger partial charge in [0.2, 0.25) is 0 Å².